The summed E-state index contributed by atoms with van der Waals surface area (Å²) in [6.45, 7) is 2.00. The largest absolute Gasteiger partial charge is 0.198 e. The van der Waals surface area contributed by atoms with Crippen LogP contribution in [-0.2, 0) is 0 Å². The van der Waals surface area contributed by atoms with E-state index in [0.717, 1.165) is 6.42 Å². The van der Waals surface area contributed by atoms with Gasteiger partial charge in [0.25, 0.3) is 0 Å². The van der Waals surface area contributed by atoms with Gasteiger partial charge in [0.05, 0.1) is 15.1 Å². The number of nitrogens with zero attached hydrogens (tertiary/aromatic N) is 1. The molecular weight excluding hydrogens is 258 g/mol. The predicted octanol–water partition coefficient (Wildman–Crippen LogP) is 3.80. The highest BCUT2D eigenvalue weighted by molar-refractivity contribution is 9.12. The molecule has 0 N–H and O–H groups in total. The molecule has 0 aromatic heterocycles. The molecule has 0 unspecified atom stereocenters. The summed E-state index contributed by atoms with van der Waals surface area (Å²) in [6.07, 6.45) is 0.913. The number of nitriles is 1. The van der Waals surface area contributed by atoms with Crippen LogP contribution in [-0.4, -0.2) is 3.66 Å². The summed E-state index contributed by atoms with van der Waals surface area (Å²) in [4.78, 5) is 1.21. The van der Waals surface area contributed by atoms with E-state index in [1.807, 2.05) is 25.1 Å². The van der Waals surface area contributed by atoms with E-state index < -0.39 is 0 Å². The molecule has 2 rings (SSSR count). The number of benzene rings is 1. The zero-order chi connectivity index (χ0) is 10.2. The van der Waals surface area contributed by atoms with Crippen molar-refractivity contribution in [1.29, 1.82) is 5.26 Å². The van der Waals surface area contributed by atoms with Crippen molar-refractivity contribution in [3.05, 3.63) is 30.3 Å². The van der Waals surface area contributed by atoms with E-state index in [4.69, 9.17) is 5.26 Å². The van der Waals surface area contributed by atoms with Crippen molar-refractivity contribution >= 4 is 27.7 Å². The molecule has 0 radical (unpaired) electrons. The molecule has 1 fully saturated rings. The molecule has 1 aliphatic carbocycles. The number of thioether (sulfide) groups is 1. The average Bonchev–Trinajstić information content (AvgIpc) is 2.71. The predicted molar refractivity (Wildman–Crippen MR) is 62.3 cm³/mol. The van der Waals surface area contributed by atoms with Gasteiger partial charge in [0.2, 0.25) is 0 Å². The van der Waals surface area contributed by atoms with Crippen molar-refractivity contribution in [1.82, 2.24) is 0 Å². The maximum Gasteiger partial charge on any atom is 0.0954 e. The summed E-state index contributed by atoms with van der Waals surface area (Å²) in [5.41, 5.74) is -0.215. The molecule has 72 valence electrons. The Balaban J connectivity index is 2.12. The van der Waals surface area contributed by atoms with Crippen molar-refractivity contribution < 1.29 is 0 Å². The first-order valence-electron chi connectivity index (χ1n) is 4.44. The lowest BCUT2D eigenvalue weighted by Crippen LogP contribution is -2.03. The Labute approximate surface area is 96.6 Å². The maximum atomic E-state index is 8.99. The van der Waals surface area contributed by atoms with Crippen LogP contribution in [0.15, 0.2) is 35.2 Å². The first-order valence-corrected chi connectivity index (χ1v) is 6.05. The molecule has 1 nitrogen and oxygen atoms in total. The molecule has 1 saturated carbocycles. The Bertz CT molecular complexity index is 386. The molecular formula is C11H10BrNS. The quantitative estimate of drug-likeness (QED) is 0.762. The van der Waals surface area contributed by atoms with Gasteiger partial charge in [-0.1, -0.05) is 34.1 Å². The third-order valence-electron chi connectivity index (χ3n) is 2.55. The van der Waals surface area contributed by atoms with Gasteiger partial charge in [0.1, 0.15) is 0 Å². The molecule has 0 amide bonds. The van der Waals surface area contributed by atoms with Crippen LogP contribution in [0, 0.1) is 16.7 Å². The fourth-order valence-electron chi connectivity index (χ4n) is 1.36. The van der Waals surface area contributed by atoms with Gasteiger partial charge < -0.3 is 0 Å². The summed E-state index contributed by atoms with van der Waals surface area (Å²) in [5.74, 6) is 0. The highest BCUT2D eigenvalue weighted by Gasteiger charge is 2.64. The van der Waals surface area contributed by atoms with Crippen LogP contribution in [0.25, 0.3) is 0 Å². The molecule has 0 heterocycles. The van der Waals surface area contributed by atoms with E-state index in [1.165, 1.54) is 4.90 Å². The number of alkyl halides is 1. The summed E-state index contributed by atoms with van der Waals surface area (Å²) in [7, 11) is 0. The first kappa shape index (κ1) is 10.1. The van der Waals surface area contributed by atoms with Gasteiger partial charge in [-0.05, 0) is 25.5 Å². The van der Waals surface area contributed by atoms with Crippen LogP contribution in [0.4, 0.5) is 0 Å². The van der Waals surface area contributed by atoms with Crippen molar-refractivity contribution in [3.63, 3.8) is 0 Å². The molecule has 3 heteroatoms. The van der Waals surface area contributed by atoms with Gasteiger partial charge >= 0.3 is 0 Å². The van der Waals surface area contributed by atoms with Crippen LogP contribution in [0.3, 0.4) is 0 Å². The van der Waals surface area contributed by atoms with E-state index in [2.05, 4.69) is 34.1 Å². The van der Waals surface area contributed by atoms with Crippen LogP contribution in [0.5, 0.6) is 0 Å². The minimum absolute atomic E-state index is 0.0733. The van der Waals surface area contributed by atoms with Crippen LogP contribution < -0.4 is 0 Å². The van der Waals surface area contributed by atoms with Gasteiger partial charge in [0.15, 0.2) is 0 Å². The Kier molecular flexibility index (Phi) is 2.36. The molecule has 0 saturated heterocycles. The second-order valence-corrected chi connectivity index (χ2v) is 7.02. The van der Waals surface area contributed by atoms with Gasteiger partial charge in [-0.25, -0.2) is 0 Å². The molecule has 2 atom stereocenters. The lowest BCUT2D eigenvalue weighted by Gasteiger charge is -2.10. The Morgan fingerprint density at radius 3 is 2.57 bits per heavy atom. The molecule has 1 aromatic rings. The number of halogens is 1. The molecule has 14 heavy (non-hydrogen) atoms. The smallest absolute Gasteiger partial charge is 0.0954 e. The lowest BCUT2D eigenvalue weighted by atomic mass is 10.2. The molecule has 1 aromatic carbocycles. The summed E-state index contributed by atoms with van der Waals surface area (Å²) in [6, 6.07) is 12.5. The van der Waals surface area contributed by atoms with E-state index in [0.29, 0.717) is 0 Å². The minimum atomic E-state index is -0.215. The van der Waals surface area contributed by atoms with Crippen molar-refractivity contribution in [2.24, 2.45) is 5.41 Å². The second kappa shape index (κ2) is 3.29. The Morgan fingerprint density at radius 1 is 1.43 bits per heavy atom. The topological polar surface area (TPSA) is 23.8 Å². The zero-order valence-corrected chi connectivity index (χ0v) is 10.2. The summed E-state index contributed by atoms with van der Waals surface area (Å²) in [5, 5.41) is 8.99. The fraction of sp³-hybridized carbons (Fsp3) is 0.364. The summed E-state index contributed by atoms with van der Waals surface area (Å²) < 4.78 is -0.0733. The van der Waals surface area contributed by atoms with Gasteiger partial charge in [-0.15, -0.1) is 11.8 Å². The van der Waals surface area contributed by atoms with Crippen molar-refractivity contribution in [2.45, 2.75) is 21.9 Å². The average molecular weight is 268 g/mol. The third-order valence-corrected chi connectivity index (χ3v) is 5.62. The normalized spacial score (nSPS) is 34.9. The standard InChI is InChI=1S/C11H10BrNS/c1-10(8-13)7-11(10,12)14-9-5-3-2-4-6-9/h2-6H,7H2,1H3/t10-,11-/m1/s1. The van der Waals surface area contributed by atoms with Crippen molar-refractivity contribution in [3.8, 4) is 6.07 Å². The van der Waals surface area contributed by atoms with Gasteiger partial charge in [-0.3, -0.25) is 0 Å². The molecule has 1 aliphatic rings. The minimum Gasteiger partial charge on any atom is -0.198 e. The number of hydrogen-bond acceptors (Lipinski definition) is 2. The maximum absolute atomic E-state index is 8.99. The molecule has 0 spiro atoms. The van der Waals surface area contributed by atoms with Crippen LogP contribution >= 0.6 is 27.7 Å². The van der Waals surface area contributed by atoms with Gasteiger partial charge in [0, 0.05) is 4.90 Å². The lowest BCUT2D eigenvalue weighted by molar-refractivity contribution is 0.762. The van der Waals surface area contributed by atoms with E-state index in [-0.39, 0.29) is 9.07 Å². The Hall–Kier alpha value is -0.460. The highest BCUT2D eigenvalue weighted by Crippen LogP contribution is 2.69. The third kappa shape index (κ3) is 1.57. The van der Waals surface area contributed by atoms with Crippen LogP contribution in [0.1, 0.15) is 13.3 Å². The molecule has 0 bridgehead atoms. The van der Waals surface area contributed by atoms with E-state index >= 15 is 0 Å². The number of hydrogen-bond donors (Lipinski definition) is 0. The number of rotatable bonds is 2. The fourth-order valence-corrected chi connectivity index (χ4v) is 3.87. The highest BCUT2D eigenvalue weighted by atomic mass is 79.9. The second-order valence-electron chi connectivity index (χ2n) is 3.76. The van der Waals surface area contributed by atoms with E-state index in [9.17, 15) is 0 Å². The summed E-state index contributed by atoms with van der Waals surface area (Å²) >= 11 is 5.39. The zero-order valence-electron chi connectivity index (χ0n) is 7.83. The Morgan fingerprint density at radius 2 is 2.07 bits per heavy atom. The van der Waals surface area contributed by atoms with Crippen molar-refractivity contribution in [2.75, 3.05) is 0 Å². The first-order chi connectivity index (χ1) is 6.60. The van der Waals surface area contributed by atoms with Crippen LogP contribution in [0.2, 0.25) is 0 Å². The molecule has 0 aliphatic heterocycles. The van der Waals surface area contributed by atoms with Gasteiger partial charge in [-0.2, -0.15) is 5.26 Å². The monoisotopic (exact) mass is 267 g/mol. The SMILES string of the molecule is C[C@]1(C#N)C[C@@]1(Br)Sc1ccccc1. The van der Waals surface area contributed by atoms with E-state index in [1.54, 1.807) is 11.8 Å².